The van der Waals surface area contributed by atoms with Gasteiger partial charge >= 0.3 is 0 Å². The van der Waals surface area contributed by atoms with Crippen LogP contribution in [-0.2, 0) is 13.1 Å². The van der Waals surface area contributed by atoms with Gasteiger partial charge in [-0.15, -0.1) is 11.3 Å². The van der Waals surface area contributed by atoms with Crippen molar-refractivity contribution in [1.82, 2.24) is 39.7 Å². The van der Waals surface area contributed by atoms with Crippen LogP contribution in [-0.4, -0.2) is 77.7 Å². The maximum atomic E-state index is 13.8. The Morgan fingerprint density at radius 1 is 0.672 bits per heavy atom. The summed E-state index contributed by atoms with van der Waals surface area (Å²) in [5, 5.41) is 10.1. The molecule has 0 radical (unpaired) electrons. The molecule has 1 unspecified atom stereocenters. The van der Waals surface area contributed by atoms with Gasteiger partial charge in [0.05, 0.1) is 34.3 Å². The second kappa shape index (κ2) is 17.1. The highest BCUT2D eigenvalue weighted by molar-refractivity contribution is 7.13. The molecule has 0 saturated carbocycles. The molecule has 2 aliphatic rings. The first-order valence-corrected chi connectivity index (χ1v) is 21.5. The van der Waals surface area contributed by atoms with Gasteiger partial charge in [0.25, 0.3) is 11.8 Å². The molecule has 2 amide bonds. The smallest absolute Gasteiger partial charge is 0.276 e. The molecule has 6 aromatic heterocycles. The van der Waals surface area contributed by atoms with Gasteiger partial charge < -0.3 is 5.32 Å². The lowest BCUT2D eigenvalue weighted by atomic mass is 9.91. The van der Waals surface area contributed by atoms with Crippen molar-refractivity contribution in [1.29, 1.82) is 0 Å². The van der Waals surface area contributed by atoms with E-state index in [2.05, 4.69) is 72.9 Å². The Morgan fingerprint density at radius 3 is 2.13 bits per heavy atom. The number of likely N-dealkylation sites (tertiary alicyclic amines) is 2. The Hall–Kier alpha value is -6.80. The molecule has 61 heavy (non-hydrogen) atoms. The maximum Gasteiger partial charge on any atom is 0.276 e. The molecule has 10 rings (SSSR count). The molecule has 302 valence electrons. The number of anilines is 2. The zero-order chi connectivity index (χ0) is 41.1. The molecular weight excluding hydrogens is 781 g/mol. The van der Waals surface area contributed by atoms with Crippen molar-refractivity contribution in [3.8, 4) is 22.3 Å². The Balaban J connectivity index is 0.898. The minimum absolute atomic E-state index is 0.176. The van der Waals surface area contributed by atoms with E-state index in [1.165, 1.54) is 24.2 Å². The third kappa shape index (κ3) is 8.35. The summed E-state index contributed by atoms with van der Waals surface area (Å²) in [7, 11) is 0. The van der Waals surface area contributed by atoms with Gasteiger partial charge in [-0.3, -0.25) is 39.7 Å². The van der Waals surface area contributed by atoms with E-state index >= 15 is 0 Å². The topological polar surface area (TPSA) is 142 Å². The fourth-order valence-corrected chi connectivity index (χ4v) is 9.05. The Bertz CT molecular complexity index is 2850. The molecule has 13 heteroatoms. The van der Waals surface area contributed by atoms with E-state index in [0.717, 1.165) is 100 Å². The van der Waals surface area contributed by atoms with Crippen LogP contribution in [0.15, 0.2) is 127 Å². The van der Waals surface area contributed by atoms with Crippen LogP contribution in [0.1, 0.15) is 63.1 Å². The van der Waals surface area contributed by atoms with Crippen LogP contribution in [0.2, 0.25) is 0 Å². The number of aromatic nitrogens is 6. The molecule has 1 atom stereocenters. The van der Waals surface area contributed by atoms with E-state index in [1.807, 2.05) is 54.2 Å². The molecule has 0 bridgehead atoms. The SMILES string of the molecule is O=C(Nc1cccnc1)c1cc(C2CCN(Cc3ccc(-c4cccc5ccc(C(=O)Nc6nccs6)nc45)cn3)C2)c2cccc(-c3ccc(CN4CCCC4)nc3)c2n1. The summed E-state index contributed by atoms with van der Waals surface area (Å²) < 4.78 is 0. The Kier molecular flexibility index (Phi) is 10.7. The molecule has 8 heterocycles. The molecule has 2 N–H and O–H groups in total. The molecule has 0 aliphatic carbocycles. The number of nitrogens with zero attached hydrogens (tertiary/aromatic N) is 8. The van der Waals surface area contributed by atoms with Crippen molar-refractivity contribution in [2.75, 3.05) is 36.8 Å². The van der Waals surface area contributed by atoms with E-state index in [0.29, 0.717) is 28.8 Å². The van der Waals surface area contributed by atoms with Crippen LogP contribution in [0.25, 0.3) is 44.1 Å². The first kappa shape index (κ1) is 38.4. The van der Waals surface area contributed by atoms with Crippen LogP contribution in [0.3, 0.4) is 0 Å². The Morgan fingerprint density at radius 2 is 1.41 bits per heavy atom. The van der Waals surface area contributed by atoms with Crippen LogP contribution in [0, 0.1) is 0 Å². The average molecular weight is 823 g/mol. The highest BCUT2D eigenvalue weighted by Crippen LogP contribution is 2.37. The molecule has 2 aromatic carbocycles. The van der Waals surface area contributed by atoms with E-state index < -0.39 is 0 Å². The van der Waals surface area contributed by atoms with Crippen LogP contribution < -0.4 is 10.6 Å². The summed E-state index contributed by atoms with van der Waals surface area (Å²) in [6.07, 6.45) is 12.2. The number of nitrogens with one attached hydrogen (secondary N) is 2. The number of benzene rings is 2. The number of carbonyl (C=O) groups is 2. The second-order valence-electron chi connectivity index (χ2n) is 15.6. The fourth-order valence-electron chi connectivity index (χ4n) is 8.53. The van der Waals surface area contributed by atoms with Gasteiger partial charge in [0.1, 0.15) is 11.4 Å². The Labute approximate surface area is 356 Å². The number of hydrogen-bond donors (Lipinski definition) is 2. The predicted octanol–water partition coefficient (Wildman–Crippen LogP) is 8.85. The number of hydrogen-bond acceptors (Lipinski definition) is 11. The zero-order valence-corrected chi connectivity index (χ0v) is 34.2. The van der Waals surface area contributed by atoms with Gasteiger partial charge in [-0.05, 0) is 86.8 Å². The number of fused-ring (bicyclic) bond motifs is 2. The maximum absolute atomic E-state index is 13.8. The van der Waals surface area contributed by atoms with Crippen molar-refractivity contribution in [3.63, 3.8) is 0 Å². The third-order valence-corrected chi connectivity index (χ3v) is 12.3. The van der Waals surface area contributed by atoms with E-state index in [-0.39, 0.29) is 17.7 Å². The minimum Gasteiger partial charge on any atom is -0.319 e. The van der Waals surface area contributed by atoms with Gasteiger partial charge in [-0.25, -0.2) is 15.0 Å². The largest absolute Gasteiger partial charge is 0.319 e. The predicted molar refractivity (Wildman–Crippen MR) is 239 cm³/mol. The monoisotopic (exact) mass is 822 g/mol. The molecular formula is C48H42N10O2S. The highest BCUT2D eigenvalue weighted by atomic mass is 32.1. The van der Waals surface area contributed by atoms with Crippen molar-refractivity contribution in [3.05, 3.63) is 156 Å². The summed E-state index contributed by atoms with van der Waals surface area (Å²) in [5.41, 5.74) is 9.69. The minimum atomic E-state index is -0.302. The molecule has 0 spiro atoms. The number of pyridine rings is 5. The number of amides is 2. The molecule has 12 nitrogen and oxygen atoms in total. The van der Waals surface area contributed by atoms with Crippen molar-refractivity contribution < 1.29 is 9.59 Å². The first-order chi connectivity index (χ1) is 30.0. The molecule has 2 saturated heterocycles. The van der Waals surface area contributed by atoms with Crippen LogP contribution >= 0.6 is 11.3 Å². The number of thiazole rings is 1. The highest BCUT2D eigenvalue weighted by Gasteiger charge is 2.28. The van der Waals surface area contributed by atoms with Crippen LogP contribution in [0.4, 0.5) is 10.8 Å². The summed E-state index contributed by atoms with van der Waals surface area (Å²) in [4.78, 5) is 59.6. The van der Waals surface area contributed by atoms with E-state index in [1.54, 1.807) is 30.7 Å². The first-order valence-electron chi connectivity index (χ1n) is 20.6. The summed E-state index contributed by atoms with van der Waals surface area (Å²) in [6.45, 7) is 5.47. The van der Waals surface area contributed by atoms with Gasteiger partial charge in [0.2, 0.25) is 0 Å². The van der Waals surface area contributed by atoms with Gasteiger partial charge in [-0.1, -0.05) is 54.6 Å². The molecule has 2 fully saturated rings. The fraction of sp³-hybridized carbons (Fsp3) is 0.208. The third-order valence-electron chi connectivity index (χ3n) is 11.6. The normalized spacial score (nSPS) is 15.7. The molecule has 8 aromatic rings. The lowest BCUT2D eigenvalue weighted by Gasteiger charge is -2.19. The summed E-state index contributed by atoms with van der Waals surface area (Å²) in [5.74, 6) is -0.404. The summed E-state index contributed by atoms with van der Waals surface area (Å²) >= 11 is 1.36. The average Bonchev–Trinajstić information content (AvgIpc) is 4.12. The lowest BCUT2D eigenvalue weighted by Crippen LogP contribution is -2.21. The standard InChI is InChI=1S/C48H42N10O2S/c59-46(56-48-50-19-23-61-48)42-16-13-31-6-3-8-38(44(31)54-42)32-11-15-37(52-25-32)30-58-22-17-34(28-58)41-24-43(47(60)53-35-7-5-18-49-27-35)55-45-39(9-4-10-40(41)45)33-12-14-36(51-26-33)29-57-20-1-2-21-57/h3-16,18-19,23-27,34H,1-2,17,20-22,28-30H2,(H,53,60)(H,50,56,59). The quantitative estimate of drug-likeness (QED) is 0.130. The number of rotatable bonds is 11. The molecule has 2 aliphatic heterocycles. The number of carbonyl (C=O) groups excluding carboxylic acids is 2. The second-order valence-corrected chi connectivity index (χ2v) is 16.5. The zero-order valence-electron chi connectivity index (χ0n) is 33.4. The lowest BCUT2D eigenvalue weighted by molar-refractivity contribution is 0.101. The van der Waals surface area contributed by atoms with E-state index in [9.17, 15) is 9.59 Å². The van der Waals surface area contributed by atoms with Gasteiger partial charge in [0, 0.05) is 82.8 Å². The van der Waals surface area contributed by atoms with Gasteiger partial charge in [0.15, 0.2) is 5.13 Å². The van der Waals surface area contributed by atoms with Crippen molar-refractivity contribution in [2.45, 2.75) is 38.3 Å². The van der Waals surface area contributed by atoms with Gasteiger partial charge in [-0.2, -0.15) is 0 Å². The van der Waals surface area contributed by atoms with E-state index in [4.69, 9.17) is 19.9 Å². The van der Waals surface area contributed by atoms with Crippen molar-refractivity contribution >= 4 is 55.8 Å². The number of para-hydroxylation sites is 2. The summed E-state index contributed by atoms with van der Waals surface area (Å²) in [6, 6.07) is 29.9. The van der Waals surface area contributed by atoms with Crippen LogP contribution in [0.5, 0.6) is 0 Å². The van der Waals surface area contributed by atoms with Crippen molar-refractivity contribution in [2.24, 2.45) is 0 Å².